The van der Waals surface area contributed by atoms with Crippen LogP contribution in [0.1, 0.15) is 39.7 Å². The van der Waals surface area contributed by atoms with Crippen molar-refractivity contribution in [1.29, 1.82) is 0 Å². The molecule has 0 radical (unpaired) electrons. The van der Waals surface area contributed by atoms with E-state index in [2.05, 4.69) is 30.6 Å². The van der Waals surface area contributed by atoms with Crippen molar-refractivity contribution in [3.05, 3.63) is 88.5 Å². The number of aryl methyl sites for hydroxylation is 2. The van der Waals surface area contributed by atoms with E-state index in [9.17, 15) is 4.79 Å². The quantitative estimate of drug-likeness (QED) is 0.529. The van der Waals surface area contributed by atoms with E-state index >= 15 is 0 Å². The molecule has 2 heterocycles. The zero-order valence-electron chi connectivity index (χ0n) is 15.8. The number of aromatic nitrogens is 6. The van der Waals surface area contributed by atoms with Crippen LogP contribution in [0.15, 0.2) is 54.6 Å². The lowest BCUT2D eigenvalue weighted by Crippen LogP contribution is -2.31. The highest BCUT2D eigenvalue weighted by molar-refractivity contribution is 6.32. The molecule has 0 saturated carbocycles. The number of para-hydroxylation sites is 1. The molecule has 1 amide bonds. The van der Waals surface area contributed by atoms with Gasteiger partial charge in [-0.3, -0.25) is 9.89 Å². The Bertz CT molecular complexity index is 1150. The summed E-state index contributed by atoms with van der Waals surface area (Å²) in [6.45, 7) is 3.57. The Morgan fingerprint density at radius 1 is 1.07 bits per heavy atom. The molecule has 0 aliphatic rings. The number of rotatable bonds is 5. The van der Waals surface area contributed by atoms with Crippen molar-refractivity contribution in [1.82, 2.24) is 35.3 Å². The van der Waals surface area contributed by atoms with Crippen molar-refractivity contribution < 1.29 is 4.79 Å². The predicted molar refractivity (Wildman–Crippen MR) is 108 cm³/mol. The summed E-state index contributed by atoms with van der Waals surface area (Å²) in [4.78, 5) is 21.6. The molecule has 0 saturated heterocycles. The molecule has 0 bridgehead atoms. The fourth-order valence-electron chi connectivity index (χ4n) is 2.97. The first-order valence-corrected chi connectivity index (χ1v) is 9.34. The van der Waals surface area contributed by atoms with Crippen molar-refractivity contribution in [3.8, 4) is 5.69 Å². The molecule has 2 aromatic heterocycles. The maximum absolute atomic E-state index is 12.9. The van der Waals surface area contributed by atoms with E-state index < -0.39 is 11.9 Å². The molecule has 4 aromatic rings. The molecule has 0 aliphatic heterocycles. The Kier molecular flexibility index (Phi) is 5.09. The van der Waals surface area contributed by atoms with Crippen LogP contribution < -0.4 is 5.32 Å². The van der Waals surface area contributed by atoms with Gasteiger partial charge in [0.2, 0.25) is 5.82 Å². The number of halogens is 1. The molecular weight excluding hydrogens is 390 g/mol. The fourth-order valence-corrected chi connectivity index (χ4v) is 3.18. The monoisotopic (exact) mass is 407 g/mol. The van der Waals surface area contributed by atoms with Gasteiger partial charge in [0, 0.05) is 0 Å². The van der Waals surface area contributed by atoms with E-state index in [1.165, 1.54) is 0 Å². The van der Waals surface area contributed by atoms with Gasteiger partial charge in [-0.05, 0) is 31.5 Å². The number of hydrogen-bond donors (Lipinski definition) is 2. The van der Waals surface area contributed by atoms with Gasteiger partial charge in [-0.25, -0.2) is 14.6 Å². The average molecular weight is 408 g/mol. The third-order valence-electron chi connectivity index (χ3n) is 4.33. The van der Waals surface area contributed by atoms with E-state index in [1.807, 2.05) is 48.5 Å². The van der Waals surface area contributed by atoms with Crippen LogP contribution in [0, 0.1) is 13.8 Å². The first-order chi connectivity index (χ1) is 14.0. The molecule has 8 nitrogen and oxygen atoms in total. The maximum Gasteiger partial charge on any atom is 0.291 e. The molecule has 146 valence electrons. The summed E-state index contributed by atoms with van der Waals surface area (Å²) in [5.41, 5.74) is 1.50. The van der Waals surface area contributed by atoms with Crippen molar-refractivity contribution in [2.24, 2.45) is 0 Å². The number of H-pyrrole nitrogens is 1. The van der Waals surface area contributed by atoms with Crippen molar-refractivity contribution >= 4 is 17.5 Å². The van der Waals surface area contributed by atoms with Gasteiger partial charge in [0.1, 0.15) is 17.7 Å². The minimum Gasteiger partial charge on any atom is -0.335 e. The van der Waals surface area contributed by atoms with Crippen LogP contribution >= 0.6 is 11.6 Å². The number of carbonyl (C=O) groups excluding carboxylic acids is 1. The summed E-state index contributed by atoms with van der Waals surface area (Å²) in [6, 6.07) is 16.2. The van der Waals surface area contributed by atoms with Gasteiger partial charge in [-0.15, -0.1) is 5.10 Å². The Morgan fingerprint density at radius 2 is 1.79 bits per heavy atom. The summed E-state index contributed by atoms with van der Waals surface area (Å²) in [5, 5.41) is 14.8. The highest BCUT2D eigenvalue weighted by Gasteiger charge is 2.24. The van der Waals surface area contributed by atoms with Crippen LogP contribution in [-0.2, 0) is 0 Å². The molecule has 0 spiro atoms. The van der Waals surface area contributed by atoms with Gasteiger partial charge >= 0.3 is 0 Å². The Morgan fingerprint density at radius 3 is 2.48 bits per heavy atom. The molecule has 1 unspecified atom stereocenters. The van der Waals surface area contributed by atoms with E-state index in [4.69, 9.17) is 11.6 Å². The second-order valence-electron chi connectivity index (χ2n) is 6.44. The van der Waals surface area contributed by atoms with Gasteiger partial charge < -0.3 is 5.32 Å². The SMILES string of the molecule is Cc1nc(C(NC(=O)c2nc(C)n(-c3ccccc3Cl)n2)c2ccccc2)n[nH]1. The molecule has 1 atom stereocenters. The summed E-state index contributed by atoms with van der Waals surface area (Å²) in [5.74, 6) is 1.27. The topological polar surface area (TPSA) is 101 Å². The van der Waals surface area contributed by atoms with Crippen molar-refractivity contribution in [2.45, 2.75) is 19.9 Å². The highest BCUT2D eigenvalue weighted by Crippen LogP contribution is 2.21. The number of aromatic amines is 1. The van der Waals surface area contributed by atoms with Crippen LogP contribution in [0.2, 0.25) is 5.02 Å². The number of hydrogen-bond acceptors (Lipinski definition) is 5. The molecule has 9 heteroatoms. The lowest BCUT2D eigenvalue weighted by Gasteiger charge is -2.15. The third-order valence-corrected chi connectivity index (χ3v) is 4.65. The van der Waals surface area contributed by atoms with Crippen molar-refractivity contribution in [3.63, 3.8) is 0 Å². The van der Waals surface area contributed by atoms with Crippen LogP contribution in [0.4, 0.5) is 0 Å². The van der Waals surface area contributed by atoms with E-state index in [0.717, 1.165) is 5.56 Å². The van der Waals surface area contributed by atoms with Gasteiger partial charge in [0.05, 0.1) is 10.7 Å². The van der Waals surface area contributed by atoms with Crippen LogP contribution in [0.25, 0.3) is 5.69 Å². The molecule has 29 heavy (non-hydrogen) atoms. The molecule has 0 fully saturated rings. The first-order valence-electron chi connectivity index (χ1n) is 8.96. The van der Waals surface area contributed by atoms with Crippen LogP contribution in [0.3, 0.4) is 0 Å². The predicted octanol–water partition coefficient (Wildman–Crippen LogP) is 3.18. The minimum absolute atomic E-state index is 0.0376. The molecule has 0 aliphatic carbocycles. The largest absolute Gasteiger partial charge is 0.335 e. The van der Waals surface area contributed by atoms with Gasteiger partial charge in [0.15, 0.2) is 5.82 Å². The van der Waals surface area contributed by atoms with E-state index in [1.54, 1.807) is 24.6 Å². The summed E-state index contributed by atoms with van der Waals surface area (Å²) < 4.78 is 1.55. The molecular formula is C20H18ClN7O. The number of benzene rings is 2. The summed E-state index contributed by atoms with van der Waals surface area (Å²) in [6.07, 6.45) is 0. The molecule has 4 rings (SSSR count). The number of nitrogens with one attached hydrogen (secondary N) is 2. The van der Waals surface area contributed by atoms with Crippen molar-refractivity contribution in [2.75, 3.05) is 0 Å². The molecule has 2 aromatic carbocycles. The average Bonchev–Trinajstić information content (AvgIpc) is 3.33. The normalized spacial score (nSPS) is 12.0. The summed E-state index contributed by atoms with van der Waals surface area (Å²) in [7, 11) is 0. The highest BCUT2D eigenvalue weighted by atomic mass is 35.5. The Hall–Kier alpha value is -3.52. The number of amides is 1. The lowest BCUT2D eigenvalue weighted by atomic mass is 10.1. The Labute approximate surface area is 172 Å². The Balaban J connectivity index is 1.65. The van der Waals surface area contributed by atoms with E-state index in [-0.39, 0.29) is 5.82 Å². The third kappa shape index (κ3) is 3.88. The maximum atomic E-state index is 12.9. The zero-order chi connectivity index (χ0) is 20.4. The second-order valence-corrected chi connectivity index (χ2v) is 6.85. The smallest absolute Gasteiger partial charge is 0.291 e. The van der Waals surface area contributed by atoms with Crippen LogP contribution in [0.5, 0.6) is 0 Å². The lowest BCUT2D eigenvalue weighted by molar-refractivity contribution is 0.0931. The summed E-state index contributed by atoms with van der Waals surface area (Å²) >= 11 is 6.26. The van der Waals surface area contributed by atoms with Crippen LogP contribution in [-0.4, -0.2) is 35.9 Å². The fraction of sp³-hybridized carbons (Fsp3) is 0.150. The molecule has 2 N–H and O–H groups in total. The van der Waals surface area contributed by atoms with Gasteiger partial charge in [0.25, 0.3) is 5.91 Å². The standard InChI is InChI=1S/C20H18ClN7O/c1-12-22-18(26-25-12)17(14-8-4-3-5-9-14)24-20(29)19-23-13(2)28(27-19)16-11-7-6-10-15(16)21/h3-11,17H,1-2H3,(H,24,29)(H,22,25,26). The van der Waals surface area contributed by atoms with Gasteiger partial charge in [-0.1, -0.05) is 54.1 Å². The minimum atomic E-state index is -0.541. The second kappa shape index (κ2) is 7.84. The first kappa shape index (κ1) is 18.8. The van der Waals surface area contributed by atoms with E-state index in [0.29, 0.717) is 28.2 Å². The zero-order valence-corrected chi connectivity index (χ0v) is 16.6. The van der Waals surface area contributed by atoms with Gasteiger partial charge in [-0.2, -0.15) is 5.10 Å². The number of nitrogens with zero attached hydrogens (tertiary/aromatic N) is 5. The number of carbonyl (C=O) groups is 1.